The van der Waals surface area contributed by atoms with E-state index in [4.69, 9.17) is 14.2 Å². The molecule has 0 saturated carbocycles. The lowest BCUT2D eigenvalue weighted by Gasteiger charge is -2.03. The van der Waals surface area contributed by atoms with Gasteiger partial charge >= 0.3 is 0 Å². The summed E-state index contributed by atoms with van der Waals surface area (Å²) in [5.41, 5.74) is 1.44. The number of hydrogen-bond acceptors (Lipinski definition) is 6. The van der Waals surface area contributed by atoms with E-state index in [1.54, 1.807) is 24.3 Å². The van der Waals surface area contributed by atoms with Crippen LogP contribution in [0.25, 0.3) is 0 Å². The molecule has 0 aliphatic carbocycles. The van der Waals surface area contributed by atoms with Crippen LogP contribution < -0.4 is 9.47 Å². The van der Waals surface area contributed by atoms with Crippen LogP contribution in [-0.4, -0.2) is 32.2 Å². The molecule has 1 atom stereocenters. The van der Waals surface area contributed by atoms with Crippen LogP contribution in [0.4, 0.5) is 11.4 Å². The Bertz CT molecular complexity index is 664. The van der Waals surface area contributed by atoms with Crippen LogP contribution in [0.2, 0.25) is 0 Å². The second kappa shape index (κ2) is 7.51. The van der Waals surface area contributed by atoms with E-state index in [0.29, 0.717) is 24.3 Å². The maximum atomic E-state index is 10.2. The average Bonchev–Trinajstić information content (AvgIpc) is 3.42. The Labute approximate surface area is 133 Å². The monoisotopic (exact) mass is 312 g/mol. The van der Waals surface area contributed by atoms with Crippen molar-refractivity contribution in [3.05, 3.63) is 48.5 Å². The van der Waals surface area contributed by atoms with Crippen molar-refractivity contribution in [1.29, 1.82) is 0 Å². The van der Waals surface area contributed by atoms with Crippen LogP contribution in [0.5, 0.6) is 11.5 Å². The molecule has 23 heavy (non-hydrogen) atoms. The molecule has 1 unspecified atom stereocenters. The lowest BCUT2D eigenvalue weighted by molar-refractivity contribution is -0.109. The first-order valence-electron chi connectivity index (χ1n) is 7.26. The summed E-state index contributed by atoms with van der Waals surface area (Å²) in [5.74, 6) is 1.41. The molecule has 0 spiro atoms. The zero-order chi connectivity index (χ0) is 15.9. The highest BCUT2D eigenvalue weighted by Gasteiger charge is 2.22. The minimum absolute atomic E-state index is 0.0438. The quantitative estimate of drug-likeness (QED) is 0.425. The predicted molar refractivity (Wildman–Crippen MR) is 83.9 cm³/mol. The fourth-order valence-corrected chi connectivity index (χ4v) is 1.82. The van der Waals surface area contributed by atoms with Crippen LogP contribution in [0, 0.1) is 0 Å². The van der Waals surface area contributed by atoms with Gasteiger partial charge in [-0.3, -0.25) is 4.79 Å². The van der Waals surface area contributed by atoms with Gasteiger partial charge in [-0.25, -0.2) is 0 Å². The standard InChI is InChI=1S/C17H16N2O4/c20-9-10-21-15-5-1-13(2-6-15)18-19-14-3-7-16(8-4-14)22-11-17-12-23-17/h1-9,17H,10-12H2/b19-18+. The molecule has 1 fully saturated rings. The van der Waals surface area contributed by atoms with Gasteiger partial charge in [0, 0.05) is 0 Å². The molecule has 2 aromatic carbocycles. The molecule has 1 heterocycles. The molecule has 0 bridgehead atoms. The van der Waals surface area contributed by atoms with Gasteiger partial charge in [0.15, 0.2) is 6.29 Å². The molecule has 0 radical (unpaired) electrons. The molecular weight excluding hydrogens is 296 g/mol. The molecule has 0 N–H and O–H groups in total. The Hall–Kier alpha value is -2.73. The first-order valence-corrected chi connectivity index (χ1v) is 7.26. The highest BCUT2D eigenvalue weighted by atomic mass is 16.6. The smallest absolute Gasteiger partial charge is 0.157 e. The summed E-state index contributed by atoms with van der Waals surface area (Å²) < 4.78 is 15.8. The van der Waals surface area contributed by atoms with Crippen LogP contribution >= 0.6 is 0 Å². The average molecular weight is 312 g/mol. The van der Waals surface area contributed by atoms with Crippen LogP contribution in [-0.2, 0) is 9.53 Å². The van der Waals surface area contributed by atoms with Gasteiger partial charge in [0.2, 0.25) is 0 Å². The molecule has 0 amide bonds. The highest BCUT2D eigenvalue weighted by Crippen LogP contribution is 2.23. The van der Waals surface area contributed by atoms with Gasteiger partial charge in [0.25, 0.3) is 0 Å². The van der Waals surface area contributed by atoms with E-state index in [1.807, 2.05) is 24.3 Å². The third kappa shape index (κ3) is 4.89. The van der Waals surface area contributed by atoms with Crippen molar-refractivity contribution in [3.8, 4) is 11.5 Å². The van der Waals surface area contributed by atoms with Crippen LogP contribution in [0.1, 0.15) is 0 Å². The second-order valence-electron chi connectivity index (χ2n) is 4.93. The fraction of sp³-hybridized carbons (Fsp3) is 0.235. The molecule has 3 rings (SSSR count). The van der Waals surface area contributed by atoms with Gasteiger partial charge in [0.05, 0.1) is 18.0 Å². The van der Waals surface area contributed by atoms with E-state index in [0.717, 1.165) is 18.0 Å². The molecule has 1 aliphatic heterocycles. The molecular formula is C17H16N2O4. The minimum atomic E-state index is 0.0438. The van der Waals surface area contributed by atoms with Gasteiger partial charge < -0.3 is 14.2 Å². The maximum Gasteiger partial charge on any atom is 0.157 e. The van der Waals surface area contributed by atoms with Crippen LogP contribution in [0.3, 0.4) is 0 Å². The number of rotatable bonds is 8. The highest BCUT2D eigenvalue weighted by molar-refractivity contribution is 5.51. The SMILES string of the molecule is O=CCOc1ccc(/N=N/c2ccc(OCC3CO3)cc2)cc1. The topological polar surface area (TPSA) is 72.8 Å². The molecule has 6 nitrogen and oxygen atoms in total. The maximum absolute atomic E-state index is 10.2. The molecule has 6 heteroatoms. The number of epoxide rings is 1. The van der Waals surface area contributed by atoms with Crippen molar-refractivity contribution in [2.75, 3.05) is 19.8 Å². The summed E-state index contributed by atoms with van der Waals surface area (Å²) in [6.07, 6.45) is 0.950. The lowest BCUT2D eigenvalue weighted by atomic mass is 10.3. The molecule has 1 saturated heterocycles. The summed E-state index contributed by atoms with van der Waals surface area (Å²) in [6, 6.07) is 14.4. The normalized spacial score (nSPS) is 16.3. The summed E-state index contributed by atoms with van der Waals surface area (Å²) in [4.78, 5) is 10.2. The van der Waals surface area contributed by atoms with E-state index in [9.17, 15) is 4.79 Å². The summed E-state index contributed by atoms with van der Waals surface area (Å²) in [5, 5.41) is 8.32. The number of ether oxygens (including phenoxy) is 3. The van der Waals surface area contributed by atoms with E-state index in [1.165, 1.54) is 0 Å². The fourth-order valence-electron chi connectivity index (χ4n) is 1.82. The molecule has 0 aromatic heterocycles. The molecule has 118 valence electrons. The number of hydrogen-bond donors (Lipinski definition) is 0. The van der Waals surface area contributed by atoms with Crippen molar-refractivity contribution in [1.82, 2.24) is 0 Å². The van der Waals surface area contributed by atoms with Crippen molar-refractivity contribution in [2.24, 2.45) is 10.2 Å². The van der Waals surface area contributed by atoms with E-state index in [-0.39, 0.29) is 12.7 Å². The Morgan fingerprint density at radius 3 is 1.96 bits per heavy atom. The summed E-state index contributed by atoms with van der Waals surface area (Å²) in [7, 11) is 0. The Balaban J connectivity index is 1.54. The van der Waals surface area contributed by atoms with Crippen molar-refractivity contribution >= 4 is 17.7 Å². The molecule has 2 aromatic rings. The Morgan fingerprint density at radius 1 is 0.957 bits per heavy atom. The molecule has 1 aliphatic rings. The zero-order valence-corrected chi connectivity index (χ0v) is 12.4. The van der Waals surface area contributed by atoms with Gasteiger partial charge in [-0.1, -0.05) is 0 Å². The zero-order valence-electron chi connectivity index (χ0n) is 12.4. The van der Waals surface area contributed by atoms with Gasteiger partial charge in [0.1, 0.15) is 30.8 Å². The van der Waals surface area contributed by atoms with E-state index >= 15 is 0 Å². The number of nitrogens with zero attached hydrogens (tertiary/aromatic N) is 2. The lowest BCUT2D eigenvalue weighted by Crippen LogP contribution is -2.03. The first kappa shape index (κ1) is 15.2. The second-order valence-corrected chi connectivity index (χ2v) is 4.93. The van der Waals surface area contributed by atoms with E-state index in [2.05, 4.69) is 10.2 Å². The number of benzene rings is 2. The number of carbonyl (C=O) groups is 1. The van der Waals surface area contributed by atoms with Crippen molar-refractivity contribution in [3.63, 3.8) is 0 Å². The van der Waals surface area contributed by atoms with Gasteiger partial charge in [-0.05, 0) is 48.5 Å². The third-order valence-corrected chi connectivity index (χ3v) is 3.11. The number of aldehydes is 1. The van der Waals surface area contributed by atoms with Gasteiger partial charge in [-0.15, -0.1) is 0 Å². The Kier molecular flexibility index (Phi) is 4.95. The summed E-state index contributed by atoms with van der Waals surface area (Å²) >= 11 is 0. The summed E-state index contributed by atoms with van der Waals surface area (Å²) in [6.45, 7) is 1.41. The number of azo groups is 1. The first-order chi connectivity index (χ1) is 11.3. The van der Waals surface area contributed by atoms with Crippen molar-refractivity contribution < 1.29 is 19.0 Å². The van der Waals surface area contributed by atoms with Gasteiger partial charge in [-0.2, -0.15) is 10.2 Å². The third-order valence-electron chi connectivity index (χ3n) is 3.11. The minimum Gasteiger partial charge on any atom is -0.491 e. The van der Waals surface area contributed by atoms with Crippen LogP contribution in [0.15, 0.2) is 58.8 Å². The number of carbonyl (C=O) groups excluding carboxylic acids is 1. The largest absolute Gasteiger partial charge is 0.491 e. The van der Waals surface area contributed by atoms with Crippen molar-refractivity contribution in [2.45, 2.75) is 6.10 Å². The Morgan fingerprint density at radius 2 is 1.48 bits per heavy atom. The van der Waals surface area contributed by atoms with E-state index < -0.39 is 0 Å². The predicted octanol–water partition coefficient (Wildman–Crippen LogP) is 3.46.